The van der Waals surface area contributed by atoms with Crippen LogP contribution in [0.1, 0.15) is 33.6 Å². The number of ether oxygens (including phenoxy) is 2. The zero-order valence-electron chi connectivity index (χ0n) is 16.7. The van der Waals surface area contributed by atoms with E-state index in [0.29, 0.717) is 25.1 Å². The van der Waals surface area contributed by atoms with Gasteiger partial charge < -0.3 is 24.3 Å². The molecule has 0 bridgehead atoms. The lowest BCUT2D eigenvalue weighted by atomic mass is 9.97. The average Bonchev–Trinajstić information content (AvgIpc) is 2.63. The van der Waals surface area contributed by atoms with Crippen LogP contribution < -0.4 is 10.9 Å². The molecule has 0 aromatic carbocycles. The Labute approximate surface area is 163 Å². The summed E-state index contributed by atoms with van der Waals surface area (Å²) < 4.78 is 11.1. The number of anilines is 1. The van der Waals surface area contributed by atoms with E-state index in [1.54, 1.807) is 20.8 Å². The summed E-state index contributed by atoms with van der Waals surface area (Å²) in [6.07, 6.45) is 2.30. The number of nitrogens with one attached hydrogen (secondary N) is 1. The molecule has 2 heterocycles. The molecule has 1 fully saturated rings. The van der Waals surface area contributed by atoms with E-state index in [4.69, 9.17) is 4.74 Å². The highest BCUT2D eigenvalue weighted by Crippen LogP contribution is 2.21. The first-order valence-corrected chi connectivity index (χ1v) is 9.15. The monoisotopic (exact) mass is 393 g/mol. The van der Waals surface area contributed by atoms with Crippen LogP contribution in [0.2, 0.25) is 0 Å². The molecule has 1 N–H and O–H groups in total. The Morgan fingerprint density at radius 3 is 2.61 bits per heavy atom. The number of rotatable bonds is 4. The number of hydrogen-bond acceptors (Lipinski definition) is 6. The molecule has 28 heavy (non-hydrogen) atoms. The van der Waals surface area contributed by atoms with Gasteiger partial charge in [-0.15, -0.1) is 0 Å². The van der Waals surface area contributed by atoms with Crippen LogP contribution in [0.4, 0.5) is 10.5 Å². The van der Waals surface area contributed by atoms with E-state index in [9.17, 15) is 19.2 Å². The van der Waals surface area contributed by atoms with Crippen molar-refractivity contribution >= 4 is 23.7 Å². The third-order valence-electron chi connectivity index (χ3n) is 4.22. The minimum atomic E-state index is -0.598. The molecule has 1 aromatic rings. The van der Waals surface area contributed by atoms with Crippen molar-refractivity contribution in [3.8, 4) is 0 Å². The number of esters is 1. The van der Waals surface area contributed by atoms with Crippen LogP contribution in [-0.4, -0.2) is 53.2 Å². The summed E-state index contributed by atoms with van der Waals surface area (Å²) in [6, 6.07) is 2.74. The van der Waals surface area contributed by atoms with Gasteiger partial charge in [0.1, 0.15) is 12.1 Å². The Morgan fingerprint density at radius 1 is 1.25 bits per heavy atom. The Hall–Kier alpha value is -2.84. The van der Waals surface area contributed by atoms with Crippen molar-refractivity contribution in [2.75, 3.05) is 25.5 Å². The highest BCUT2D eigenvalue weighted by atomic mass is 16.6. The summed E-state index contributed by atoms with van der Waals surface area (Å²) in [5, 5.41) is 2.75. The second-order valence-electron chi connectivity index (χ2n) is 7.71. The third-order valence-corrected chi connectivity index (χ3v) is 4.22. The van der Waals surface area contributed by atoms with Gasteiger partial charge in [-0.25, -0.2) is 4.79 Å². The van der Waals surface area contributed by atoms with Gasteiger partial charge in [0.05, 0.1) is 18.7 Å². The van der Waals surface area contributed by atoms with Gasteiger partial charge in [0.2, 0.25) is 5.91 Å². The molecule has 1 aliphatic rings. The highest BCUT2D eigenvalue weighted by Gasteiger charge is 2.31. The Morgan fingerprint density at radius 2 is 1.96 bits per heavy atom. The summed E-state index contributed by atoms with van der Waals surface area (Å²) in [5.74, 6) is -1.20. The lowest BCUT2D eigenvalue weighted by Gasteiger charge is -2.33. The number of likely N-dealkylation sites (tertiary alicyclic amines) is 1. The standard InChI is InChI=1S/C19H27N3O6/c1-19(2,3)28-18(26)21-9-5-6-13(10-21)17(25)20-14-7-8-15(23)22(11-14)12-16(24)27-4/h7-8,11,13H,5-6,9-10,12H2,1-4H3,(H,20,25)/t13-/m0/s1. The fraction of sp³-hybridized carbons (Fsp3) is 0.579. The number of amides is 2. The molecule has 9 heteroatoms. The van der Waals surface area contributed by atoms with Crippen LogP contribution in [0.3, 0.4) is 0 Å². The zero-order chi connectivity index (χ0) is 20.9. The predicted molar refractivity (Wildman–Crippen MR) is 102 cm³/mol. The quantitative estimate of drug-likeness (QED) is 0.779. The van der Waals surface area contributed by atoms with Gasteiger partial charge in [-0.3, -0.25) is 14.4 Å². The number of carbonyl (C=O) groups excluding carboxylic acids is 3. The lowest BCUT2D eigenvalue weighted by molar-refractivity contribution is -0.141. The van der Waals surface area contributed by atoms with Gasteiger partial charge in [-0.1, -0.05) is 0 Å². The Kier molecular flexibility index (Phi) is 6.82. The minimum absolute atomic E-state index is 0.241. The summed E-state index contributed by atoms with van der Waals surface area (Å²) in [5.41, 5.74) is -0.584. The molecule has 9 nitrogen and oxygen atoms in total. The van der Waals surface area contributed by atoms with Gasteiger partial charge in [0.25, 0.3) is 5.56 Å². The van der Waals surface area contributed by atoms with E-state index < -0.39 is 17.7 Å². The maximum atomic E-state index is 12.6. The normalized spacial score (nSPS) is 17.0. The van der Waals surface area contributed by atoms with Gasteiger partial charge in [0, 0.05) is 25.4 Å². The van der Waals surface area contributed by atoms with Crippen LogP contribution in [-0.2, 0) is 25.6 Å². The van der Waals surface area contributed by atoms with Crippen molar-refractivity contribution in [1.29, 1.82) is 0 Å². The summed E-state index contributed by atoms with van der Waals surface area (Å²) >= 11 is 0. The second kappa shape index (κ2) is 8.90. The number of pyridine rings is 1. The summed E-state index contributed by atoms with van der Waals surface area (Å²) in [6.45, 7) is 5.95. The molecule has 1 atom stereocenters. The number of hydrogen-bond donors (Lipinski definition) is 1. The number of aromatic nitrogens is 1. The molecule has 0 aliphatic carbocycles. The van der Waals surface area contributed by atoms with Crippen LogP contribution in [0.5, 0.6) is 0 Å². The van der Waals surface area contributed by atoms with Crippen LogP contribution in [0.25, 0.3) is 0 Å². The average molecular weight is 393 g/mol. The number of carbonyl (C=O) groups is 3. The molecule has 2 amide bonds. The Bertz CT molecular complexity index is 796. The van der Waals surface area contributed by atoms with E-state index in [0.717, 1.165) is 4.57 Å². The van der Waals surface area contributed by atoms with Crippen molar-refractivity contribution < 1.29 is 23.9 Å². The molecule has 2 rings (SSSR count). The third kappa shape index (κ3) is 6.11. The van der Waals surface area contributed by atoms with Crippen molar-refractivity contribution in [2.24, 2.45) is 5.92 Å². The van der Waals surface area contributed by atoms with Crippen molar-refractivity contribution in [3.05, 3.63) is 28.7 Å². The SMILES string of the molecule is COC(=O)Cn1cc(NC(=O)[C@H]2CCCN(C(=O)OC(C)(C)C)C2)ccc1=O. The van der Waals surface area contributed by atoms with Crippen molar-refractivity contribution in [2.45, 2.75) is 45.8 Å². The molecular weight excluding hydrogens is 366 g/mol. The summed E-state index contributed by atoms with van der Waals surface area (Å²) in [4.78, 5) is 49.6. The fourth-order valence-electron chi connectivity index (χ4n) is 2.86. The molecular formula is C19H27N3O6. The maximum Gasteiger partial charge on any atom is 0.410 e. The van der Waals surface area contributed by atoms with Gasteiger partial charge in [-0.2, -0.15) is 0 Å². The highest BCUT2D eigenvalue weighted by molar-refractivity contribution is 5.93. The van der Waals surface area contributed by atoms with Crippen molar-refractivity contribution in [1.82, 2.24) is 9.47 Å². The molecule has 0 spiro atoms. The van der Waals surface area contributed by atoms with E-state index in [2.05, 4.69) is 10.1 Å². The van der Waals surface area contributed by atoms with Crippen LogP contribution >= 0.6 is 0 Å². The fourth-order valence-corrected chi connectivity index (χ4v) is 2.86. The van der Waals surface area contributed by atoms with Gasteiger partial charge in [0.15, 0.2) is 0 Å². The molecule has 0 unspecified atom stereocenters. The number of nitrogens with zero attached hydrogens (tertiary/aromatic N) is 2. The topological polar surface area (TPSA) is 107 Å². The predicted octanol–water partition coefficient (Wildman–Crippen LogP) is 1.61. The van der Waals surface area contributed by atoms with Crippen molar-refractivity contribution in [3.63, 3.8) is 0 Å². The molecule has 0 saturated carbocycles. The largest absolute Gasteiger partial charge is 0.468 e. The second-order valence-corrected chi connectivity index (χ2v) is 7.71. The van der Waals surface area contributed by atoms with Crippen LogP contribution in [0, 0.1) is 5.92 Å². The molecule has 1 saturated heterocycles. The molecule has 1 aromatic heterocycles. The van der Waals surface area contributed by atoms with E-state index >= 15 is 0 Å². The van der Waals surface area contributed by atoms with E-state index in [1.807, 2.05) is 0 Å². The molecule has 1 aliphatic heterocycles. The zero-order valence-corrected chi connectivity index (χ0v) is 16.7. The first-order chi connectivity index (χ1) is 13.1. The van der Waals surface area contributed by atoms with E-state index in [1.165, 1.54) is 30.3 Å². The summed E-state index contributed by atoms with van der Waals surface area (Å²) in [7, 11) is 1.23. The molecule has 0 radical (unpaired) electrons. The van der Waals surface area contributed by atoms with Gasteiger partial charge in [-0.05, 0) is 39.7 Å². The smallest absolute Gasteiger partial charge is 0.410 e. The first-order valence-electron chi connectivity index (χ1n) is 9.15. The number of methoxy groups -OCH3 is 1. The Balaban J connectivity index is 2.02. The first kappa shape index (κ1) is 21.5. The van der Waals surface area contributed by atoms with E-state index in [-0.39, 0.29) is 30.5 Å². The van der Waals surface area contributed by atoms with Gasteiger partial charge >= 0.3 is 12.1 Å². The maximum absolute atomic E-state index is 12.6. The number of piperidine rings is 1. The van der Waals surface area contributed by atoms with Crippen LogP contribution in [0.15, 0.2) is 23.1 Å². The minimum Gasteiger partial charge on any atom is -0.468 e. The lowest BCUT2D eigenvalue weighted by Crippen LogP contribution is -2.45. The molecule has 154 valence electrons.